The van der Waals surface area contributed by atoms with E-state index in [0.717, 1.165) is 12.8 Å². The number of pyridine rings is 1. The zero-order chi connectivity index (χ0) is 22.3. The zero-order valence-electron chi connectivity index (χ0n) is 17.9. The van der Waals surface area contributed by atoms with E-state index in [1.54, 1.807) is 0 Å². The number of rotatable bonds is 5. The minimum Gasteiger partial charge on any atom is -0.365 e. The van der Waals surface area contributed by atoms with E-state index in [1.165, 1.54) is 12.3 Å². The number of fused-ring (bicyclic) bond motifs is 1. The van der Waals surface area contributed by atoms with Crippen molar-refractivity contribution in [2.75, 3.05) is 27.9 Å². The third kappa shape index (κ3) is 3.95. The molecule has 0 aromatic carbocycles. The van der Waals surface area contributed by atoms with Gasteiger partial charge in [0.05, 0.1) is 11.3 Å². The van der Waals surface area contributed by atoms with Gasteiger partial charge >= 0.3 is 0 Å². The second-order valence-corrected chi connectivity index (χ2v) is 8.44. The monoisotopic (exact) mass is 424 g/mol. The summed E-state index contributed by atoms with van der Waals surface area (Å²) in [5.74, 6) is 0.918. The van der Waals surface area contributed by atoms with E-state index in [1.807, 2.05) is 38.8 Å². The van der Waals surface area contributed by atoms with Crippen molar-refractivity contribution < 1.29 is 9.18 Å². The second-order valence-electron chi connectivity index (χ2n) is 8.44. The topological polar surface area (TPSA) is 119 Å². The molecule has 3 heterocycles. The number of anilines is 4. The molecule has 1 saturated carbocycles. The Morgan fingerprint density at radius 1 is 1.29 bits per heavy atom. The number of likely N-dealkylation sites (N-methyl/N-ethyl adjacent to an activating group) is 1. The van der Waals surface area contributed by atoms with E-state index < -0.39 is 5.82 Å². The van der Waals surface area contributed by atoms with E-state index in [4.69, 9.17) is 5.26 Å². The van der Waals surface area contributed by atoms with Crippen molar-refractivity contribution in [1.29, 1.82) is 5.26 Å². The number of carbonyl (C=O) groups is 1. The van der Waals surface area contributed by atoms with Gasteiger partial charge in [-0.2, -0.15) is 10.2 Å². The fourth-order valence-electron chi connectivity index (χ4n) is 4.11. The molecule has 31 heavy (non-hydrogen) atoms. The van der Waals surface area contributed by atoms with Crippen LogP contribution >= 0.6 is 0 Å². The summed E-state index contributed by atoms with van der Waals surface area (Å²) in [6.45, 7) is 5.86. The summed E-state index contributed by atoms with van der Waals surface area (Å²) in [4.78, 5) is 27.5. The molecular formula is C21H25FN8O. The van der Waals surface area contributed by atoms with Gasteiger partial charge in [0, 0.05) is 25.3 Å². The third-order valence-electron chi connectivity index (χ3n) is 5.75. The van der Waals surface area contributed by atoms with Gasteiger partial charge in [-0.05, 0) is 31.7 Å². The normalized spacial score (nSPS) is 22.3. The summed E-state index contributed by atoms with van der Waals surface area (Å²) in [6.07, 6.45) is 2.85. The smallest absolute Gasteiger partial charge is 0.247 e. The van der Waals surface area contributed by atoms with Gasteiger partial charge < -0.3 is 20.9 Å². The molecule has 10 heteroatoms. The molecule has 2 aromatic heterocycles. The van der Waals surface area contributed by atoms with E-state index in [9.17, 15) is 9.18 Å². The number of hydrogen-bond donors (Lipinski definition) is 3. The molecule has 3 N–H and O–H groups in total. The van der Waals surface area contributed by atoms with Crippen LogP contribution in [0.5, 0.6) is 0 Å². The highest BCUT2D eigenvalue weighted by Gasteiger charge is 2.36. The van der Waals surface area contributed by atoms with Crippen molar-refractivity contribution in [3.05, 3.63) is 29.3 Å². The van der Waals surface area contributed by atoms with Crippen molar-refractivity contribution in [3.63, 3.8) is 0 Å². The summed E-state index contributed by atoms with van der Waals surface area (Å²) in [5, 5.41) is 18.2. The number of nitriles is 1. The van der Waals surface area contributed by atoms with Crippen LogP contribution in [-0.4, -0.2) is 46.0 Å². The van der Waals surface area contributed by atoms with E-state index >= 15 is 0 Å². The van der Waals surface area contributed by atoms with Crippen molar-refractivity contribution in [1.82, 2.24) is 15.0 Å². The summed E-state index contributed by atoms with van der Waals surface area (Å²) in [6, 6.07) is 2.96. The van der Waals surface area contributed by atoms with Gasteiger partial charge in [0.2, 0.25) is 11.9 Å². The van der Waals surface area contributed by atoms with Crippen molar-refractivity contribution in [3.8, 4) is 6.07 Å². The Bertz CT molecular complexity index is 1060. The summed E-state index contributed by atoms with van der Waals surface area (Å²) >= 11 is 0. The molecule has 1 fully saturated rings. The highest BCUT2D eigenvalue weighted by Crippen LogP contribution is 2.35. The number of nitrogens with one attached hydrogen (secondary N) is 3. The Morgan fingerprint density at radius 2 is 2.00 bits per heavy atom. The van der Waals surface area contributed by atoms with Gasteiger partial charge in [0.15, 0.2) is 17.5 Å². The number of amides is 1. The molecule has 1 aliphatic carbocycles. The van der Waals surface area contributed by atoms with Gasteiger partial charge in [-0.3, -0.25) is 4.79 Å². The summed E-state index contributed by atoms with van der Waals surface area (Å²) in [7, 11) is 1.88. The van der Waals surface area contributed by atoms with Gasteiger partial charge in [-0.25, -0.2) is 14.4 Å². The van der Waals surface area contributed by atoms with Crippen LogP contribution in [-0.2, 0) is 4.79 Å². The first kappa shape index (κ1) is 20.8. The molecule has 1 unspecified atom stereocenters. The molecule has 0 saturated heterocycles. The number of carbonyl (C=O) groups excluding carboxylic acids is 1. The molecule has 1 atom stereocenters. The first-order valence-corrected chi connectivity index (χ1v) is 10.3. The number of hydrogen-bond acceptors (Lipinski definition) is 8. The zero-order valence-corrected chi connectivity index (χ0v) is 17.9. The molecular weight excluding hydrogens is 399 g/mol. The molecule has 9 nitrogen and oxygen atoms in total. The second kappa shape index (κ2) is 7.98. The first-order chi connectivity index (χ1) is 14.8. The van der Waals surface area contributed by atoms with Crippen molar-refractivity contribution >= 4 is 29.2 Å². The molecule has 1 amide bonds. The van der Waals surface area contributed by atoms with Gasteiger partial charge in [0.1, 0.15) is 17.8 Å². The molecule has 0 radical (unpaired) electrons. The van der Waals surface area contributed by atoms with E-state index in [2.05, 4.69) is 30.9 Å². The largest absolute Gasteiger partial charge is 0.365 e. The Balaban J connectivity index is 1.41. The molecule has 1 aliphatic heterocycles. The summed E-state index contributed by atoms with van der Waals surface area (Å²) < 4.78 is 14.0. The lowest BCUT2D eigenvalue weighted by Crippen LogP contribution is -2.50. The minimum atomic E-state index is -0.533. The van der Waals surface area contributed by atoms with Gasteiger partial charge in [-0.15, -0.1) is 0 Å². The quantitative estimate of drug-likeness (QED) is 0.670. The SMILES string of the molecule is Cc1nc(NC2CC(Nc3ncc(C#N)cc3F)C2)nc2c1NC(=O)C(C(C)C)N2C. The lowest BCUT2D eigenvalue weighted by molar-refractivity contribution is -0.118. The standard InChI is InChI=1S/C21H25FN8O/c1-10(2)17-20(31)28-16-11(3)25-21(29-19(16)30(17)4)27-14-6-13(7-14)26-18-15(22)5-12(8-23)9-24-18/h5,9-10,13-14,17H,6-7H2,1-4H3,(H,24,26)(H,28,31)(H,25,27,29). The number of halogens is 1. The first-order valence-electron chi connectivity index (χ1n) is 10.3. The van der Waals surface area contributed by atoms with Crippen molar-refractivity contribution in [2.24, 2.45) is 5.92 Å². The fourth-order valence-corrected chi connectivity index (χ4v) is 4.11. The molecule has 4 rings (SSSR count). The van der Waals surface area contributed by atoms with Crippen LogP contribution in [0.4, 0.5) is 27.7 Å². The average molecular weight is 424 g/mol. The predicted molar refractivity (Wildman–Crippen MR) is 115 cm³/mol. The van der Waals surface area contributed by atoms with Gasteiger partial charge in [-0.1, -0.05) is 13.8 Å². The molecule has 0 spiro atoms. The third-order valence-corrected chi connectivity index (χ3v) is 5.75. The fraction of sp³-hybridized carbons (Fsp3) is 0.476. The van der Waals surface area contributed by atoms with Crippen LogP contribution in [0.2, 0.25) is 0 Å². The maximum Gasteiger partial charge on any atom is 0.247 e. The maximum absolute atomic E-state index is 14.0. The average Bonchev–Trinajstić information content (AvgIpc) is 2.68. The van der Waals surface area contributed by atoms with Crippen LogP contribution in [0.25, 0.3) is 0 Å². The Morgan fingerprint density at radius 3 is 2.65 bits per heavy atom. The van der Waals surface area contributed by atoms with Crippen LogP contribution in [0, 0.1) is 30.0 Å². The molecule has 0 bridgehead atoms. The van der Waals surface area contributed by atoms with Crippen LogP contribution in [0.15, 0.2) is 12.3 Å². The Kier molecular flexibility index (Phi) is 5.35. The molecule has 162 valence electrons. The maximum atomic E-state index is 14.0. The lowest BCUT2D eigenvalue weighted by Gasteiger charge is -2.38. The van der Waals surface area contributed by atoms with E-state index in [0.29, 0.717) is 23.1 Å². The highest BCUT2D eigenvalue weighted by atomic mass is 19.1. The molecule has 2 aromatic rings. The Hall–Kier alpha value is -3.48. The van der Waals surface area contributed by atoms with Crippen molar-refractivity contribution in [2.45, 2.75) is 51.7 Å². The number of aryl methyl sites for hydroxylation is 1. The lowest BCUT2D eigenvalue weighted by atomic mass is 9.87. The number of aromatic nitrogens is 3. The van der Waals surface area contributed by atoms with Crippen LogP contribution < -0.4 is 20.9 Å². The van der Waals surface area contributed by atoms with Gasteiger partial charge in [0.25, 0.3) is 0 Å². The summed E-state index contributed by atoms with van der Waals surface area (Å²) in [5.41, 5.74) is 1.54. The number of nitrogens with zero attached hydrogens (tertiary/aromatic N) is 5. The van der Waals surface area contributed by atoms with E-state index in [-0.39, 0.29) is 41.3 Å². The Labute approximate surface area is 180 Å². The molecule has 2 aliphatic rings. The predicted octanol–water partition coefficient (Wildman–Crippen LogP) is 2.66. The minimum absolute atomic E-state index is 0.0473. The highest BCUT2D eigenvalue weighted by molar-refractivity contribution is 6.03. The van der Waals surface area contributed by atoms with Crippen LogP contribution in [0.3, 0.4) is 0 Å². The van der Waals surface area contributed by atoms with Crippen LogP contribution in [0.1, 0.15) is 37.9 Å².